The molecule has 0 fully saturated rings. The van der Waals surface area contributed by atoms with Gasteiger partial charge in [0.2, 0.25) is 5.95 Å². The van der Waals surface area contributed by atoms with E-state index in [1.165, 1.54) is 13.0 Å². The van der Waals surface area contributed by atoms with Crippen LogP contribution >= 0.6 is 0 Å². The molecule has 7 nitrogen and oxygen atoms in total. The van der Waals surface area contributed by atoms with E-state index in [4.69, 9.17) is 0 Å². The second-order valence-electron chi connectivity index (χ2n) is 5.96. The first-order valence-corrected chi connectivity index (χ1v) is 8.25. The lowest BCUT2D eigenvalue weighted by molar-refractivity contribution is 0.0697. The summed E-state index contributed by atoms with van der Waals surface area (Å²) < 4.78 is 0. The second-order valence-corrected chi connectivity index (χ2v) is 5.96. The fourth-order valence-electron chi connectivity index (χ4n) is 2.55. The highest BCUT2D eigenvalue weighted by molar-refractivity contribution is 5.95. The highest BCUT2D eigenvalue weighted by Crippen LogP contribution is 2.22. The molecular formula is C20H18N4O3. The minimum Gasteiger partial charge on any atom is -0.478 e. The van der Waals surface area contributed by atoms with Gasteiger partial charge in [0.05, 0.1) is 11.3 Å². The largest absolute Gasteiger partial charge is 0.478 e. The zero-order valence-electron chi connectivity index (χ0n) is 14.9. The number of carboxylic acids is 1. The Morgan fingerprint density at radius 3 is 2.48 bits per heavy atom. The van der Waals surface area contributed by atoms with Gasteiger partial charge in [-0.25, -0.2) is 9.78 Å². The summed E-state index contributed by atoms with van der Waals surface area (Å²) in [5.41, 5.74) is 2.56. The lowest BCUT2D eigenvalue weighted by Gasteiger charge is -2.12. The van der Waals surface area contributed by atoms with Crippen molar-refractivity contribution in [1.82, 2.24) is 9.97 Å². The number of hydrogen-bond donors (Lipinski definition) is 3. The quantitative estimate of drug-likeness (QED) is 0.565. The third kappa shape index (κ3) is 4.46. The molecule has 0 unspecified atom stereocenters. The Labute approximate surface area is 156 Å². The molecule has 0 spiro atoms. The van der Waals surface area contributed by atoms with E-state index in [2.05, 4.69) is 20.6 Å². The van der Waals surface area contributed by atoms with Crippen molar-refractivity contribution in [3.63, 3.8) is 0 Å². The first kappa shape index (κ1) is 18.1. The second kappa shape index (κ2) is 7.65. The standard InChI is InChI=1S/C20H18N4O3/c1-12-10-18(23-17-9-4-3-8-16(17)19(26)27)24-20(21-12)22-15-7-5-6-14(11-15)13(2)25/h3-11H,1-2H3,(H,26,27)(H2,21,22,23,24). The molecule has 3 N–H and O–H groups in total. The van der Waals surface area contributed by atoms with Gasteiger partial charge in [0.1, 0.15) is 5.82 Å². The van der Waals surface area contributed by atoms with Crippen molar-refractivity contribution in [2.45, 2.75) is 13.8 Å². The van der Waals surface area contributed by atoms with E-state index < -0.39 is 5.97 Å². The molecule has 0 radical (unpaired) electrons. The Kier molecular flexibility index (Phi) is 5.12. The molecule has 136 valence electrons. The maximum absolute atomic E-state index is 11.5. The summed E-state index contributed by atoms with van der Waals surface area (Å²) in [5.74, 6) is -0.257. The first-order chi connectivity index (χ1) is 12.9. The van der Waals surface area contributed by atoms with Crippen LogP contribution in [0.3, 0.4) is 0 Å². The average Bonchev–Trinajstić information content (AvgIpc) is 2.61. The van der Waals surface area contributed by atoms with E-state index in [1.807, 2.05) is 13.0 Å². The lowest BCUT2D eigenvalue weighted by Crippen LogP contribution is -2.06. The molecule has 0 aliphatic rings. The van der Waals surface area contributed by atoms with Gasteiger partial charge < -0.3 is 15.7 Å². The zero-order chi connectivity index (χ0) is 19.4. The number of nitrogens with zero attached hydrogens (tertiary/aromatic N) is 2. The van der Waals surface area contributed by atoms with Gasteiger partial charge in [-0.1, -0.05) is 24.3 Å². The summed E-state index contributed by atoms with van der Waals surface area (Å²) in [5, 5.41) is 15.4. The van der Waals surface area contributed by atoms with Crippen molar-refractivity contribution in [2.75, 3.05) is 10.6 Å². The van der Waals surface area contributed by atoms with Crippen LogP contribution in [0.25, 0.3) is 0 Å². The van der Waals surface area contributed by atoms with Gasteiger partial charge in [-0.3, -0.25) is 4.79 Å². The zero-order valence-corrected chi connectivity index (χ0v) is 14.9. The molecule has 3 aromatic rings. The smallest absolute Gasteiger partial charge is 0.337 e. The SMILES string of the molecule is CC(=O)c1cccc(Nc2nc(C)cc(Nc3ccccc3C(=O)O)n2)c1. The Morgan fingerprint density at radius 2 is 1.74 bits per heavy atom. The number of carbonyl (C=O) groups is 2. The summed E-state index contributed by atoms with van der Waals surface area (Å²) >= 11 is 0. The molecule has 0 amide bonds. The topological polar surface area (TPSA) is 104 Å². The molecule has 1 heterocycles. The molecule has 1 aromatic heterocycles. The summed E-state index contributed by atoms with van der Waals surface area (Å²) in [6.07, 6.45) is 0. The number of hydrogen-bond acceptors (Lipinski definition) is 6. The molecular weight excluding hydrogens is 344 g/mol. The minimum absolute atomic E-state index is 0.0311. The summed E-state index contributed by atoms with van der Waals surface area (Å²) in [4.78, 5) is 31.6. The van der Waals surface area contributed by atoms with Gasteiger partial charge >= 0.3 is 5.97 Å². The van der Waals surface area contributed by atoms with Crippen LogP contribution < -0.4 is 10.6 Å². The number of anilines is 4. The maximum Gasteiger partial charge on any atom is 0.337 e. The average molecular weight is 362 g/mol. The number of carboxylic acid groups (broad SMARTS) is 1. The molecule has 27 heavy (non-hydrogen) atoms. The van der Waals surface area contributed by atoms with E-state index >= 15 is 0 Å². The molecule has 2 aromatic carbocycles. The predicted octanol–water partition coefficient (Wildman–Crippen LogP) is 4.17. The Balaban J connectivity index is 1.88. The Morgan fingerprint density at radius 1 is 0.963 bits per heavy atom. The highest BCUT2D eigenvalue weighted by atomic mass is 16.4. The third-order valence-electron chi connectivity index (χ3n) is 3.80. The van der Waals surface area contributed by atoms with Crippen molar-refractivity contribution < 1.29 is 14.7 Å². The number of benzene rings is 2. The Bertz CT molecular complexity index is 1020. The number of rotatable bonds is 6. The van der Waals surface area contributed by atoms with Gasteiger partial charge in [0.15, 0.2) is 5.78 Å². The molecule has 0 atom stereocenters. The van der Waals surface area contributed by atoms with Gasteiger partial charge in [-0.2, -0.15) is 4.98 Å². The monoisotopic (exact) mass is 362 g/mol. The van der Waals surface area contributed by atoms with Crippen molar-refractivity contribution in [1.29, 1.82) is 0 Å². The van der Waals surface area contributed by atoms with Crippen LogP contribution in [0, 0.1) is 6.92 Å². The minimum atomic E-state index is -1.02. The molecule has 0 saturated carbocycles. The van der Waals surface area contributed by atoms with E-state index in [0.717, 1.165) is 0 Å². The molecule has 0 aliphatic heterocycles. The predicted molar refractivity (Wildman–Crippen MR) is 103 cm³/mol. The van der Waals surface area contributed by atoms with E-state index in [9.17, 15) is 14.7 Å². The third-order valence-corrected chi connectivity index (χ3v) is 3.80. The van der Waals surface area contributed by atoms with Crippen LogP contribution in [0.1, 0.15) is 33.3 Å². The molecule has 0 saturated heterocycles. The maximum atomic E-state index is 11.5. The van der Waals surface area contributed by atoms with E-state index in [-0.39, 0.29) is 11.3 Å². The van der Waals surface area contributed by atoms with Crippen molar-refractivity contribution in [3.05, 3.63) is 71.4 Å². The van der Waals surface area contributed by atoms with Gasteiger partial charge in [0, 0.05) is 23.0 Å². The highest BCUT2D eigenvalue weighted by Gasteiger charge is 2.11. The molecule has 0 aliphatic carbocycles. The van der Waals surface area contributed by atoms with Crippen LogP contribution in [-0.4, -0.2) is 26.8 Å². The van der Waals surface area contributed by atoms with Crippen molar-refractivity contribution in [3.8, 4) is 0 Å². The van der Waals surface area contributed by atoms with Gasteiger partial charge in [0.25, 0.3) is 0 Å². The molecule has 7 heteroatoms. The summed E-state index contributed by atoms with van der Waals surface area (Å²) in [7, 11) is 0. The molecule has 3 rings (SSSR count). The van der Waals surface area contributed by atoms with Crippen LogP contribution in [0.15, 0.2) is 54.6 Å². The number of Topliss-reactive ketones (excluding diaryl/α,β-unsaturated/α-hetero) is 1. The Hall–Kier alpha value is -3.74. The van der Waals surface area contributed by atoms with Gasteiger partial charge in [-0.05, 0) is 38.1 Å². The van der Waals surface area contributed by atoms with Crippen molar-refractivity contribution in [2.24, 2.45) is 0 Å². The van der Waals surface area contributed by atoms with Crippen molar-refractivity contribution >= 4 is 34.9 Å². The number of aryl methyl sites for hydroxylation is 1. The first-order valence-electron chi connectivity index (χ1n) is 8.25. The van der Waals surface area contributed by atoms with Crippen LogP contribution in [0.4, 0.5) is 23.1 Å². The molecule has 0 bridgehead atoms. The lowest BCUT2D eigenvalue weighted by atomic mass is 10.1. The summed E-state index contributed by atoms with van der Waals surface area (Å²) in [6, 6.07) is 15.4. The fourth-order valence-corrected chi connectivity index (χ4v) is 2.55. The normalized spacial score (nSPS) is 10.3. The van der Waals surface area contributed by atoms with Gasteiger partial charge in [-0.15, -0.1) is 0 Å². The fraction of sp³-hybridized carbons (Fsp3) is 0.100. The number of ketones is 1. The number of para-hydroxylation sites is 1. The van der Waals surface area contributed by atoms with Crippen LogP contribution in [0.2, 0.25) is 0 Å². The summed E-state index contributed by atoms with van der Waals surface area (Å²) in [6.45, 7) is 3.32. The van der Waals surface area contributed by atoms with Crippen LogP contribution in [-0.2, 0) is 0 Å². The number of carbonyl (C=O) groups excluding carboxylic acids is 1. The number of nitrogens with one attached hydrogen (secondary N) is 2. The van der Waals surface area contributed by atoms with E-state index in [1.54, 1.807) is 42.5 Å². The van der Waals surface area contributed by atoms with Crippen LogP contribution in [0.5, 0.6) is 0 Å². The number of aromatic nitrogens is 2. The van der Waals surface area contributed by atoms with E-state index in [0.29, 0.717) is 34.4 Å². The number of aromatic carboxylic acids is 1.